The summed E-state index contributed by atoms with van der Waals surface area (Å²) in [7, 11) is 1.14. The monoisotopic (exact) mass is 812 g/mol. The van der Waals surface area contributed by atoms with Crippen LogP contribution in [0.25, 0.3) is 0 Å². The van der Waals surface area contributed by atoms with E-state index in [0.29, 0.717) is 17.4 Å². The molecule has 0 heterocycles. The third-order valence-electron chi connectivity index (χ3n) is 9.63. The molecule has 10 heteroatoms. The summed E-state index contributed by atoms with van der Waals surface area (Å²) in [5, 5.41) is 0. The molecule has 1 unspecified atom stereocenters. The second kappa shape index (κ2) is 38.7. The third kappa shape index (κ3) is 41.9. The lowest BCUT2D eigenvalue weighted by atomic mass is 10.1. The maximum Gasteiger partial charge on any atom is 0.306 e. The molecule has 0 aromatic rings. The number of phosphoric ester groups is 1. The lowest BCUT2D eigenvalue weighted by molar-refractivity contribution is -0.870. The van der Waals surface area contributed by atoms with E-state index in [-0.39, 0.29) is 26.1 Å². The fraction of sp³-hybridized carbons (Fsp3) is 0.826. The maximum absolute atomic E-state index is 12.7. The number of likely N-dealkylation sites (N-methyl/N-ethyl adjacent to an activating group) is 1. The van der Waals surface area contributed by atoms with Crippen LogP contribution in [0.1, 0.15) is 194 Å². The topological polar surface area (TPSA) is 111 Å². The van der Waals surface area contributed by atoms with Crippen LogP contribution >= 0.6 is 7.82 Å². The van der Waals surface area contributed by atoms with E-state index >= 15 is 0 Å². The minimum atomic E-state index is -4.63. The van der Waals surface area contributed by atoms with Crippen LogP contribution in [0, 0.1) is 0 Å². The largest absolute Gasteiger partial charge is 0.756 e. The van der Waals surface area contributed by atoms with Crippen LogP contribution in [0.5, 0.6) is 0 Å². The average Bonchev–Trinajstić information content (AvgIpc) is 3.15. The van der Waals surface area contributed by atoms with Gasteiger partial charge in [-0.15, -0.1) is 0 Å². The van der Waals surface area contributed by atoms with E-state index in [2.05, 4.69) is 50.3 Å². The first kappa shape index (κ1) is 54.2. The summed E-state index contributed by atoms with van der Waals surface area (Å²) in [6.07, 6.45) is 43.1. The lowest BCUT2D eigenvalue weighted by Gasteiger charge is -2.28. The number of carbonyl (C=O) groups is 2. The number of ether oxygens (including phenoxy) is 2. The first-order valence-electron chi connectivity index (χ1n) is 22.7. The zero-order valence-corrected chi connectivity index (χ0v) is 37.7. The quantitative estimate of drug-likeness (QED) is 0.0197. The molecule has 0 rings (SSSR count). The van der Waals surface area contributed by atoms with Crippen molar-refractivity contribution in [2.24, 2.45) is 0 Å². The Bertz CT molecular complexity index is 1050. The molecule has 0 N–H and O–H groups in total. The first-order valence-corrected chi connectivity index (χ1v) is 24.2. The molecule has 0 amide bonds. The van der Waals surface area contributed by atoms with Crippen molar-refractivity contribution in [1.82, 2.24) is 0 Å². The van der Waals surface area contributed by atoms with Crippen LogP contribution in [-0.2, 0) is 32.7 Å². The van der Waals surface area contributed by atoms with Crippen molar-refractivity contribution in [2.75, 3.05) is 47.5 Å². The van der Waals surface area contributed by atoms with Gasteiger partial charge in [-0.2, -0.15) is 0 Å². The van der Waals surface area contributed by atoms with Gasteiger partial charge < -0.3 is 27.9 Å². The molecule has 9 nitrogen and oxygen atoms in total. The molecule has 328 valence electrons. The van der Waals surface area contributed by atoms with Crippen molar-refractivity contribution in [3.05, 3.63) is 36.5 Å². The van der Waals surface area contributed by atoms with Crippen LogP contribution < -0.4 is 4.89 Å². The number of nitrogens with zero attached hydrogens (tertiary/aromatic N) is 1. The molecular formula is C46H86NO8P. The van der Waals surface area contributed by atoms with Crippen molar-refractivity contribution in [3.63, 3.8) is 0 Å². The predicted molar refractivity (Wildman–Crippen MR) is 231 cm³/mol. The van der Waals surface area contributed by atoms with Gasteiger partial charge in [-0.05, 0) is 70.6 Å². The summed E-state index contributed by atoms with van der Waals surface area (Å²) in [4.78, 5) is 37.5. The van der Waals surface area contributed by atoms with Crippen LogP contribution in [0.2, 0.25) is 0 Å². The Labute approximate surface area is 344 Å². The number of hydrogen-bond donors (Lipinski definition) is 0. The molecular weight excluding hydrogens is 725 g/mol. The van der Waals surface area contributed by atoms with E-state index in [9.17, 15) is 19.0 Å². The highest BCUT2D eigenvalue weighted by atomic mass is 31.2. The predicted octanol–water partition coefficient (Wildman–Crippen LogP) is 12.3. The highest BCUT2D eigenvalue weighted by Gasteiger charge is 2.21. The van der Waals surface area contributed by atoms with Crippen molar-refractivity contribution in [2.45, 2.75) is 200 Å². The number of quaternary nitrogens is 1. The number of esters is 2. The van der Waals surface area contributed by atoms with E-state index < -0.39 is 32.5 Å². The Morgan fingerprint density at radius 1 is 0.554 bits per heavy atom. The molecule has 0 radical (unpaired) electrons. The second-order valence-corrected chi connectivity index (χ2v) is 17.8. The number of hydrogen-bond acceptors (Lipinski definition) is 8. The number of carbonyl (C=O) groups excluding carboxylic acids is 2. The fourth-order valence-corrected chi connectivity index (χ4v) is 6.76. The molecule has 2 atom stereocenters. The lowest BCUT2D eigenvalue weighted by Crippen LogP contribution is -2.37. The minimum absolute atomic E-state index is 0.0369. The van der Waals surface area contributed by atoms with E-state index in [1.165, 1.54) is 116 Å². The smallest absolute Gasteiger partial charge is 0.306 e. The van der Waals surface area contributed by atoms with Crippen LogP contribution in [0.4, 0.5) is 0 Å². The summed E-state index contributed by atoms with van der Waals surface area (Å²) in [5.74, 6) is -0.873. The third-order valence-corrected chi connectivity index (χ3v) is 10.6. The molecule has 0 saturated carbocycles. The van der Waals surface area contributed by atoms with Gasteiger partial charge in [-0.3, -0.25) is 14.2 Å². The molecule has 0 aromatic carbocycles. The Morgan fingerprint density at radius 2 is 0.964 bits per heavy atom. The Kier molecular flexibility index (Phi) is 37.5. The van der Waals surface area contributed by atoms with Crippen molar-refractivity contribution < 1.29 is 42.1 Å². The van der Waals surface area contributed by atoms with Gasteiger partial charge in [0.1, 0.15) is 19.8 Å². The van der Waals surface area contributed by atoms with Crippen LogP contribution in [0.15, 0.2) is 36.5 Å². The van der Waals surface area contributed by atoms with Crippen molar-refractivity contribution in [1.29, 1.82) is 0 Å². The molecule has 0 aromatic heterocycles. The summed E-state index contributed by atoms with van der Waals surface area (Å²) >= 11 is 0. The average molecular weight is 812 g/mol. The molecule has 0 bridgehead atoms. The van der Waals surface area contributed by atoms with E-state index in [1.54, 1.807) is 0 Å². The molecule has 56 heavy (non-hydrogen) atoms. The standard InChI is InChI=1S/C46H86NO8P/c1-6-8-10-12-14-16-18-20-22-23-25-26-28-30-32-34-36-38-45(48)52-42-44(43-54-56(50,51)53-41-40-47(3,4)5)55-46(49)39-37-35-33-31-29-27-24-21-19-17-15-13-11-9-7-2/h16,18,21,24,29,31,44H,6-15,17,19-20,22-23,25-28,30,32-43H2,1-5H3/b18-16+,24-21+,31-29+/t44-/m1/s1. The van der Waals surface area contributed by atoms with Gasteiger partial charge in [0, 0.05) is 12.8 Å². The number of phosphoric acid groups is 1. The van der Waals surface area contributed by atoms with Gasteiger partial charge >= 0.3 is 11.9 Å². The Hall–Kier alpha value is -1.77. The SMILES string of the molecule is CCCCCC/C=C/CCCCCCCCCCCC(=O)OC[C@H](COP(=O)([O-])OCC[N+](C)(C)C)OC(=O)CCCC/C=C/C/C=C/CCCCCCCC. The zero-order valence-electron chi connectivity index (χ0n) is 36.8. The normalized spacial score (nSPS) is 13.9. The summed E-state index contributed by atoms with van der Waals surface area (Å²) < 4.78 is 33.9. The Balaban J connectivity index is 4.38. The van der Waals surface area contributed by atoms with Gasteiger partial charge in [0.2, 0.25) is 0 Å². The molecule has 0 aliphatic carbocycles. The van der Waals surface area contributed by atoms with Crippen LogP contribution in [-0.4, -0.2) is 70.0 Å². The number of allylic oxidation sites excluding steroid dienone is 6. The summed E-state index contributed by atoms with van der Waals surface area (Å²) in [6, 6.07) is 0. The highest BCUT2D eigenvalue weighted by Crippen LogP contribution is 2.38. The van der Waals surface area contributed by atoms with Gasteiger partial charge in [0.05, 0.1) is 27.7 Å². The second-order valence-electron chi connectivity index (χ2n) is 16.4. The van der Waals surface area contributed by atoms with Gasteiger partial charge in [0.15, 0.2) is 6.10 Å². The van der Waals surface area contributed by atoms with Gasteiger partial charge in [-0.25, -0.2) is 0 Å². The number of unbranched alkanes of at least 4 members (excludes halogenated alkanes) is 21. The van der Waals surface area contributed by atoms with Gasteiger partial charge in [0.25, 0.3) is 7.82 Å². The summed E-state index contributed by atoms with van der Waals surface area (Å²) in [6.45, 7) is 4.17. The fourth-order valence-electron chi connectivity index (χ4n) is 6.03. The maximum atomic E-state index is 12.7. The highest BCUT2D eigenvalue weighted by molar-refractivity contribution is 7.45. The van der Waals surface area contributed by atoms with E-state index in [4.69, 9.17) is 18.5 Å². The van der Waals surface area contributed by atoms with E-state index in [1.807, 2.05) is 21.1 Å². The number of rotatable bonds is 41. The molecule has 0 saturated heterocycles. The Morgan fingerprint density at radius 3 is 1.48 bits per heavy atom. The molecule has 0 aliphatic rings. The van der Waals surface area contributed by atoms with Crippen LogP contribution in [0.3, 0.4) is 0 Å². The van der Waals surface area contributed by atoms with Crippen molar-refractivity contribution in [3.8, 4) is 0 Å². The zero-order chi connectivity index (χ0) is 41.4. The van der Waals surface area contributed by atoms with Crippen molar-refractivity contribution >= 4 is 19.8 Å². The first-order chi connectivity index (χ1) is 27.0. The minimum Gasteiger partial charge on any atom is -0.756 e. The molecule has 0 aliphatic heterocycles. The molecule has 0 spiro atoms. The van der Waals surface area contributed by atoms with E-state index in [0.717, 1.165) is 44.9 Å². The molecule has 0 fully saturated rings. The summed E-state index contributed by atoms with van der Waals surface area (Å²) in [5.41, 5.74) is 0. The van der Waals surface area contributed by atoms with Gasteiger partial charge in [-0.1, -0.05) is 147 Å².